The van der Waals surface area contributed by atoms with E-state index < -0.39 is 17.6 Å². The fraction of sp³-hybridized carbons (Fsp3) is 0.188. The van der Waals surface area contributed by atoms with Gasteiger partial charge in [-0.05, 0) is 31.2 Å². The standard InChI is InChI=1S/C16H16F3N5O/c1-3-13(25)22-10-6-5-7-11(8-10)23-14-12(16(17,18)19)9-21-15(24-14)20-4-2/h3,5-9H,1,4H2,2H3,(H,22,25)(H2,20,21,23,24). The number of hydrogen-bond donors (Lipinski definition) is 3. The van der Waals surface area contributed by atoms with Crippen LogP contribution in [-0.4, -0.2) is 22.4 Å². The lowest BCUT2D eigenvalue weighted by molar-refractivity contribution is -0.137. The van der Waals surface area contributed by atoms with E-state index in [1.807, 2.05) is 0 Å². The van der Waals surface area contributed by atoms with Crippen molar-refractivity contribution in [3.8, 4) is 0 Å². The molecule has 2 rings (SSSR count). The molecule has 1 heterocycles. The Morgan fingerprint density at radius 3 is 2.68 bits per heavy atom. The summed E-state index contributed by atoms with van der Waals surface area (Å²) >= 11 is 0. The third-order valence-electron chi connectivity index (χ3n) is 3.01. The number of nitrogens with zero attached hydrogens (tertiary/aromatic N) is 2. The van der Waals surface area contributed by atoms with Gasteiger partial charge in [-0.25, -0.2) is 4.98 Å². The van der Waals surface area contributed by atoms with Crippen LogP contribution in [0.4, 0.5) is 36.3 Å². The van der Waals surface area contributed by atoms with Gasteiger partial charge < -0.3 is 16.0 Å². The number of anilines is 4. The van der Waals surface area contributed by atoms with Gasteiger partial charge in [-0.3, -0.25) is 4.79 Å². The number of halogens is 3. The van der Waals surface area contributed by atoms with Crippen LogP contribution in [0.1, 0.15) is 12.5 Å². The van der Waals surface area contributed by atoms with E-state index >= 15 is 0 Å². The van der Waals surface area contributed by atoms with Gasteiger partial charge >= 0.3 is 6.18 Å². The molecule has 0 fully saturated rings. The Labute approximate surface area is 142 Å². The SMILES string of the molecule is C=CC(=O)Nc1cccc(Nc2nc(NCC)ncc2C(F)(F)F)c1. The molecule has 6 nitrogen and oxygen atoms in total. The molecule has 0 unspecified atom stereocenters. The summed E-state index contributed by atoms with van der Waals surface area (Å²) in [6, 6.07) is 6.22. The summed E-state index contributed by atoms with van der Waals surface area (Å²) in [4.78, 5) is 18.9. The number of carbonyl (C=O) groups excluding carboxylic acids is 1. The molecule has 9 heteroatoms. The van der Waals surface area contributed by atoms with E-state index in [4.69, 9.17) is 0 Å². The van der Waals surface area contributed by atoms with Crippen molar-refractivity contribution in [2.45, 2.75) is 13.1 Å². The summed E-state index contributed by atoms with van der Waals surface area (Å²) in [5.74, 6) is -0.732. The fourth-order valence-electron chi connectivity index (χ4n) is 1.93. The third-order valence-corrected chi connectivity index (χ3v) is 3.01. The second kappa shape index (κ2) is 7.65. The van der Waals surface area contributed by atoms with Crippen LogP contribution in [0.15, 0.2) is 43.1 Å². The predicted molar refractivity (Wildman–Crippen MR) is 89.7 cm³/mol. The van der Waals surface area contributed by atoms with E-state index in [0.717, 1.165) is 12.3 Å². The zero-order valence-electron chi connectivity index (χ0n) is 13.3. The number of benzene rings is 1. The summed E-state index contributed by atoms with van der Waals surface area (Å²) < 4.78 is 39.5. The first-order valence-corrected chi connectivity index (χ1v) is 7.32. The van der Waals surface area contributed by atoms with Crippen LogP contribution in [0, 0.1) is 0 Å². The quantitative estimate of drug-likeness (QED) is 0.690. The zero-order valence-corrected chi connectivity index (χ0v) is 13.3. The van der Waals surface area contributed by atoms with Gasteiger partial charge in [0, 0.05) is 24.1 Å². The molecular weight excluding hydrogens is 335 g/mol. The van der Waals surface area contributed by atoms with Crippen LogP contribution in [0.3, 0.4) is 0 Å². The number of nitrogens with one attached hydrogen (secondary N) is 3. The molecule has 0 aliphatic heterocycles. The molecule has 0 atom stereocenters. The number of carbonyl (C=O) groups is 1. The summed E-state index contributed by atoms with van der Waals surface area (Å²) in [5, 5.41) is 7.91. The molecule has 25 heavy (non-hydrogen) atoms. The first kappa shape index (κ1) is 18.2. The molecule has 2 aromatic rings. The minimum atomic E-state index is -4.61. The third kappa shape index (κ3) is 4.93. The zero-order chi connectivity index (χ0) is 18.4. The minimum absolute atomic E-state index is 0.0779. The molecule has 3 N–H and O–H groups in total. The molecular formula is C16H16F3N5O. The molecule has 1 aromatic heterocycles. The summed E-state index contributed by atoms with van der Waals surface area (Å²) in [7, 11) is 0. The van der Waals surface area contributed by atoms with Crippen molar-refractivity contribution in [3.63, 3.8) is 0 Å². The number of hydrogen-bond acceptors (Lipinski definition) is 5. The van der Waals surface area contributed by atoms with Crippen LogP contribution in [0.25, 0.3) is 0 Å². The Hall–Kier alpha value is -3.10. The molecule has 1 amide bonds. The highest BCUT2D eigenvalue weighted by atomic mass is 19.4. The highest BCUT2D eigenvalue weighted by Gasteiger charge is 2.35. The van der Waals surface area contributed by atoms with Gasteiger partial charge in [0.2, 0.25) is 11.9 Å². The maximum absolute atomic E-state index is 13.2. The van der Waals surface area contributed by atoms with Gasteiger partial charge in [0.25, 0.3) is 0 Å². The number of amides is 1. The molecule has 1 aromatic carbocycles. The van der Waals surface area contributed by atoms with E-state index in [0.29, 0.717) is 17.9 Å². The Balaban J connectivity index is 2.34. The normalized spacial score (nSPS) is 10.9. The Morgan fingerprint density at radius 1 is 1.32 bits per heavy atom. The first-order valence-electron chi connectivity index (χ1n) is 7.32. The average molecular weight is 351 g/mol. The highest BCUT2D eigenvalue weighted by molar-refractivity contribution is 5.99. The lowest BCUT2D eigenvalue weighted by Crippen LogP contribution is -2.13. The average Bonchev–Trinajstić information content (AvgIpc) is 2.54. The van der Waals surface area contributed by atoms with E-state index in [1.54, 1.807) is 25.1 Å². The van der Waals surface area contributed by atoms with Gasteiger partial charge in [-0.1, -0.05) is 12.6 Å². The van der Waals surface area contributed by atoms with E-state index in [1.165, 1.54) is 6.07 Å². The molecule has 0 saturated carbocycles. The number of aromatic nitrogens is 2. The molecule has 0 radical (unpaired) electrons. The number of rotatable bonds is 6. The first-order chi connectivity index (χ1) is 11.8. The van der Waals surface area contributed by atoms with Gasteiger partial charge in [0.15, 0.2) is 0 Å². The fourth-order valence-corrected chi connectivity index (χ4v) is 1.93. The highest BCUT2D eigenvalue weighted by Crippen LogP contribution is 2.35. The van der Waals surface area contributed by atoms with Crippen molar-refractivity contribution >= 4 is 29.0 Å². The van der Waals surface area contributed by atoms with Gasteiger partial charge in [0.1, 0.15) is 11.4 Å². The van der Waals surface area contributed by atoms with Gasteiger partial charge in [-0.2, -0.15) is 18.2 Å². The molecule has 0 bridgehead atoms. The summed E-state index contributed by atoms with van der Waals surface area (Å²) in [6.07, 6.45) is -2.80. The maximum atomic E-state index is 13.2. The largest absolute Gasteiger partial charge is 0.421 e. The predicted octanol–water partition coefficient (Wildman–Crippen LogP) is 3.80. The lowest BCUT2D eigenvalue weighted by atomic mass is 10.2. The van der Waals surface area contributed by atoms with Crippen molar-refractivity contribution in [2.24, 2.45) is 0 Å². The van der Waals surface area contributed by atoms with Crippen LogP contribution in [-0.2, 0) is 11.0 Å². The van der Waals surface area contributed by atoms with Crippen LogP contribution >= 0.6 is 0 Å². The molecule has 0 aliphatic rings. The Bertz CT molecular complexity index is 777. The molecule has 0 saturated heterocycles. The van der Waals surface area contributed by atoms with Gasteiger partial charge in [-0.15, -0.1) is 0 Å². The summed E-state index contributed by atoms with van der Waals surface area (Å²) in [6.45, 7) is 5.58. The van der Waals surface area contributed by atoms with Crippen molar-refractivity contribution in [2.75, 3.05) is 22.5 Å². The van der Waals surface area contributed by atoms with Crippen molar-refractivity contribution < 1.29 is 18.0 Å². The molecule has 132 valence electrons. The summed E-state index contributed by atoms with van der Waals surface area (Å²) in [5.41, 5.74) is -0.257. The lowest BCUT2D eigenvalue weighted by Gasteiger charge is -2.15. The van der Waals surface area contributed by atoms with Crippen LogP contribution in [0.2, 0.25) is 0 Å². The van der Waals surface area contributed by atoms with Gasteiger partial charge in [0.05, 0.1) is 0 Å². The Morgan fingerprint density at radius 2 is 2.04 bits per heavy atom. The smallest absolute Gasteiger partial charge is 0.354 e. The monoisotopic (exact) mass is 351 g/mol. The van der Waals surface area contributed by atoms with Crippen molar-refractivity contribution in [3.05, 3.63) is 48.7 Å². The van der Waals surface area contributed by atoms with E-state index in [-0.39, 0.29) is 11.8 Å². The second-order valence-electron chi connectivity index (χ2n) is 4.88. The topological polar surface area (TPSA) is 78.9 Å². The minimum Gasteiger partial charge on any atom is -0.354 e. The molecule has 0 spiro atoms. The molecule has 0 aliphatic carbocycles. The number of alkyl halides is 3. The van der Waals surface area contributed by atoms with Crippen LogP contribution in [0.5, 0.6) is 0 Å². The Kier molecular flexibility index (Phi) is 5.58. The van der Waals surface area contributed by atoms with Crippen molar-refractivity contribution in [1.29, 1.82) is 0 Å². The van der Waals surface area contributed by atoms with Crippen molar-refractivity contribution in [1.82, 2.24) is 9.97 Å². The van der Waals surface area contributed by atoms with E-state index in [9.17, 15) is 18.0 Å². The maximum Gasteiger partial charge on any atom is 0.421 e. The van der Waals surface area contributed by atoms with E-state index in [2.05, 4.69) is 32.5 Å². The second-order valence-corrected chi connectivity index (χ2v) is 4.88. The van der Waals surface area contributed by atoms with Crippen LogP contribution < -0.4 is 16.0 Å².